The van der Waals surface area contributed by atoms with E-state index in [1.54, 1.807) is 31.3 Å². The number of aliphatic carboxylic acids is 1. The van der Waals surface area contributed by atoms with Gasteiger partial charge in [0.05, 0.1) is 5.52 Å². The summed E-state index contributed by atoms with van der Waals surface area (Å²) in [4.78, 5) is 35.1. The summed E-state index contributed by atoms with van der Waals surface area (Å²) in [6.07, 6.45) is -0.00279. The van der Waals surface area contributed by atoms with Gasteiger partial charge in [0.25, 0.3) is 0 Å². The fraction of sp³-hybridized carbons (Fsp3) is 0.211. The predicted octanol–water partition coefficient (Wildman–Crippen LogP) is -1.93. The van der Waals surface area contributed by atoms with E-state index in [9.17, 15) is 19.5 Å². The molecule has 27 heavy (non-hydrogen) atoms. The van der Waals surface area contributed by atoms with Gasteiger partial charge in [-0.2, -0.15) is 0 Å². The number of oxazole rings is 1. The Morgan fingerprint density at radius 3 is 2.56 bits per heavy atom. The van der Waals surface area contributed by atoms with E-state index in [0.29, 0.717) is 16.8 Å². The first kappa shape index (κ1) is 21.0. The van der Waals surface area contributed by atoms with Gasteiger partial charge in [0.2, 0.25) is 5.91 Å². The molecule has 1 aromatic heterocycles. The van der Waals surface area contributed by atoms with Gasteiger partial charge in [0.15, 0.2) is 5.58 Å². The van der Waals surface area contributed by atoms with Gasteiger partial charge in [0.1, 0.15) is 0 Å². The molecule has 0 radical (unpaired) electrons. The SMILES string of the molecule is Cn1c(=O)oc2cc(NC(=O)CC(Cc3ccccc3)C(=O)[O-])ccc21.[Na+]. The molecule has 3 rings (SSSR count). The van der Waals surface area contributed by atoms with E-state index in [4.69, 9.17) is 4.42 Å². The van der Waals surface area contributed by atoms with Crippen molar-refractivity contribution in [2.45, 2.75) is 12.8 Å². The van der Waals surface area contributed by atoms with E-state index in [2.05, 4.69) is 5.32 Å². The Hall–Kier alpha value is -2.35. The molecular formula is C19H17N2NaO5. The molecule has 0 spiro atoms. The minimum absolute atomic E-state index is 0. The summed E-state index contributed by atoms with van der Waals surface area (Å²) in [6.45, 7) is 0. The zero-order chi connectivity index (χ0) is 18.7. The van der Waals surface area contributed by atoms with Crippen molar-refractivity contribution in [3.05, 3.63) is 64.6 Å². The van der Waals surface area contributed by atoms with Crippen molar-refractivity contribution < 1.29 is 48.7 Å². The number of hydrogen-bond donors (Lipinski definition) is 1. The number of amides is 1. The van der Waals surface area contributed by atoms with Gasteiger partial charge in [-0.15, -0.1) is 0 Å². The maximum absolute atomic E-state index is 12.2. The number of aromatic nitrogens is 1. The van der Waals surface area contributed by atoms with Gasteiger partial charge in [-0.25, -0.2) is 4.79 Å². The summed E-state index contributed by atoms with van der Waals surface area (Å²) in [7, 11) is 1.58. The number of carbonyl (C=O) groups is 2. The van der Waals surface area contributed by atoms with E-state index < -0.39 is 23.6 Å². The van der Waals surface area contributed by atoms with Crippen LogP contribution in [0.1, 0.15) is 12.0 Å². The topological polar surface area (TPSA) is 104 Å². The Labute approximate surface area is 177 Å². The molecule has 134 valence electrons. The molecule has 0 fully saturated rings. The molecule has 0 aliphatic heterocycles. The number of benzene rings is 2. The summed E-state index contributed by atoms with van der Waals surface area (Å²) < 4.78 is 6.43. The maximum atomic E-state index is 12.2. The Bertz CT molecular complexity index is 1010. The standard InChI is InChI=1S/C19H18N2O5.Na/c1-21-15-8-7-14(11-16(15)26-19(21)25)20-17(22)10-13(18(23)24)9-12-5-3-2-4-6-12;/h2-8,11,13H,9-10H2,1H3,(H,20,22)(H,23,24);/q;+1/p-1. The van der Waals surface area contributed by atoms with E-state index in [1.807, 2.05) is 18.2 Å². The molecule has 1 N–H and O–H groups in total. The molecule has 7 nitrogen and oxygen atoms in total. The second kappa shape index (κ2) is 9.03. The smallest absolute Gasteiger partial charge is 0.550 e. The van der Waals surface area contributed by atoms with Gasteiger partial charge in [0, 0.05) is 37.1 Å². The molecule has 1 unspecified atom stereocenters. The Morgan fingerprint density at radius 1 is 1.19 bits per heavy atom. The molecule has 1 amide bonds. The zero-order valence-electron chi connectivity index (χ0n) is 15.1. The van der Waals surface area contributed by atoms with Gasteiger partial charge < -0.3 is 19.6 Å². The molecule has 2 aromatic carbocycles. The van der Waals surface area contributed by atoms with Crippen molar-refractivity contribution in [3.63, 3.8) is 0 Å². The maximum Gasteiger partial charge on any atom is 1.00 e. The molecule has 0 bridgehead atoms. The summed E-state index contributed by atoms with van der Waals surface area (Å²) in [5, 5.41) is 14.0. The number of carboxylic acid groups (broad SMARTS) is 1. The Morgan fingerprint density at radius 2 is 1.89 bits per heavy atom. The predicted molar refractivity (Wildman–Crippen MR) is 93.3 cm³/mol. The number of nitrogens with one attached hydrogen (secondary N) is 1. The second-order valence-electron chi connectivity index (χ2n) is 6.07. The molecule has 1 atom stereocenters. The minimum Gasteiger partial charge on any atom is -0.550 e. The van der Waals surface area contributed by atoms with Crippen LogP contribution in [0.5, 0.6) is 0 Å². The average molecular weight is 376 g/mol. The van der Waals surface area contributed by atoms with Crippen molar-refractivity contribution in [2.75, 3.05) is 5.32 Å². The quantitative estimate of drug-likeness (QED) is 0.505. The first-order chi connectivity index (χ1) is 12.4. The van der Waals surface area contributed by atoms with Gasteiger partial charge in [-0.1, -0.05) is 30.3 Å². The fourth-order valence-electron chi connectivity index (χ4n) is 2.78. The van der Waals surface area contributed by atoms with Gasteiger partial charge >= 0.3 is 35.3 Å². The first-order valence-corrected chi connectivity index (χ1v) is 8.08. The van der Waals surface area contributed by atoms with Crippen molar-refractivity contribution in [3.8, 4) is 0 Å². The first-order valence-electron chi connectivity index (χ1n) is 8.08. The van der Waals surface area contributed by atoms with Crippen LogP contribution in [0.25, 0.3) is 11.1 Å². The average Bonchev–Trinajstić information content (AvgIpc) is 2.89. The zero-order valence-corrected chi connectivity index (χ0v) is 17.1. The number of fused-ring (bicyclic) bond motifs is 1. The number of anilines is 1. The summed E-state index contributed by atoms with van der Waals surface area (Å²) >= 11 is 0. The van der Waals surface area contributed by atoms with E-state index in [0.717, 1.165) is 5.56 Å². The number of carboxylic acids is 1. The van der Waals surface area contributed by atoms with Crippen LogP contribution in [0.15, 0.2) is 57.7 Å². The summed E-state index contributed by atoms with van der Waals surface area (Å²) in [5.74, 6) is -3.15. The Balaban J connectivity index is 0.00000261. The van der Waals surface area contributed by atoms with E-state index in [-0.39, 0.29) is 42.4 Å². The number of nitrogens with zero attached hydrogens (tertiary/aromatic N) is 1. The second-order valence-corrected chi connectivity index (χ2v) is 6.07. The van der Waals surface area contributed by atoms with E-state index in [1.165, 1.54) is 10.6 Å². The van der Waals surface area contributed by atoms with Gasteiger partial charge in [-0.3, -0.25) is 9.36 Å². The van der Waals surface area contributed by atoms with Crippen molar-refractivity contribution >= 4 is 28.7 Å². The number of rotatable bonds is 6. The number of aryl methyl sites for hydroxylation is 1. The molecule has 1 heterocycles. The fourth-order valence-corrected chi connectivity index (χ4v) is 2.78. The van der Waals surface area contributed by atoms with Gasteiger partial charge in [-0.05, 0) is 24.1 Å². The normalized spacial score (nSPS) is 11.6. The number of carbonyl (C=O) groups excluding carboxylic acids is 2. The molecule has 0 saturated heterocycles. The van der Waals surface area contributed by atoms with Crippen molar-refractivity contribution in [1.82, 2.24) is 4.57 Å². The van der Waals surface area contributed by atoms with Crippen LogP contribution in [0.2, 0.25) is 0 Å². The van der Waals surface area contributed by atoms with Crippen molar-refractivity contribution in [1.29, 1.82) is 0 Å². The molecule has 3 aromatic rings. The molecule has 8 heteroatoms. The monoisotopic (exact) mass is 376 g/mol. The molecular weight excluding hydrogens is 359 g/mol. The van der Waals surface area contributed by atoms with Crippen LogP contribution >= 0.6 is 0 Å². The summed E-state index contributed by atoms with van der Waals surface area (Å²) in [5.41, 5.74) is 2.19. The summed E-state index contributed by atoms with van der Waals surface area (Å²) in [6, 6.07) is 13.9. The minimum atomic E-state index is -1.27. The largest absolute Gasteiger partial charge is 1.00 e. The third-order valence-electron chi connectivity index (χ3n) is 4.17. The van der Waals surface area contributed by atoms with Crippen LogP contribution in [0.3, 0.4) is 0 Å². The Kier molecular flexibility index (Phi) is 7.01. The molecule has 0 saturated carbocycles. The number of hydrogen-bond acceptors (Lipinski definition) is 5. The third kappa shape index (κ3) is 5.09. The van der Waals surface area contributed by atoms with Crippen LogP contribution in [0, 0.1) is 5.92 Å². The van der Waals surface area contributed by atoms with Crippen LogP contribution in [0.4, 0.5) is 5.69 Å². The van der Waals surface area contributed by atoms with Crippen molar-refractivity contribution in [2.24, 2.45) is 13.0 Å². The van der Waals surface area contributed by atoms with Crippen LogP contribution in [-0.4, -0.2) is 16.4 Å². The molecule has 0 aliphatic rings. The molecule has 0 aliphatic carbocycles. The van der Waals surface area contributed by atoms with Crippen LogP contribution in [-0.2, 0) is 23.1 Å². The van der Waals surface area contributed by atoms with E-state index >= 15 is 0 Å². The van der Waals surface area contributed by atoms with Crippen LogP contribution < -0.4 is 45.7 Å². The third-order valence-corrected chi connectivity index (χ3v) is 4.17.